The Morgan fingerprint density at radius 2 is 2.25 bits per heavy atom. The first-order valence-electron chi connectivity index (χ1n) is 8.46. The molecule has 3 heterocycles. The van der Waals surface area contributed by atoms with Gasteiger partial charge in [-0.1, -0.05) is 0 Å². The Morgan fingerprint density at radius 3 is 2.96 bits per heavy atom. The van der Waals surface area contributed by atoms with Gasteiger partial charge in [-0.2, -0.15) is 0 Å². The maximum atomic E-state index is 12.5. The molecule has 2 atom stereocenters. The van der Waals surface area contributed by atoms with Crippen LogP contribution in [-0.2, 0) is 9.47 Å². The van der Waals surface area contributed by atoms with E-state index < -0.39 is 0 Å². The van der Waals surface area contributed by atoms with Crippen LogP contribution in [0, 0.1) is 5.92 Å². The van der Waals surface area contributed by atoms with Crippen LogP contribution < -0.4 is 10.1 Å². The Hall–Kier alpha value is -1.70. The molecule has 0 radical (unpaired) electrons. The first-order chi connectivity index (χ1) is 11.8. The van der Waals surface area contributed by atoms with Gasteiger partial charge in [-0.3, -0.25) is 9.69 Å². The Labute approximate surface area is 142 Å². The van der Waals surface area contributed by atoms with Crippen LogP contribution in [0.4, 0.5) is 0 Å². The number of methoxy groups -OCH3 is 1. The van der Waals surface area contributed by atoms with Crippen molar-refractivity contribution >= 4 is 5.91 Å². The van der Waals surface area contributed by atoms with Gasteiger partial charge in [-0.05, 0) is 18.6 Å². The second-order valence-corrected chi connectivity index (χ2v) is 6.11. The third kappa shape index (κ3) is 4.03. The van der Waals surface area contributed by atoms with Gasteiger partial charge in [0.2, 0.25) is 5.88 Å². The summed E-state index contributed by atoms with van der Waals surface area (Å²) in [4.78, 5) is 19.0. The van der Waals surface area contributed by atoms with E-state index in [1.807, 2.05) is 0 Å². The number of nitrogens with one attached hydrogen (secondary N) is 1. The number of carbonyl (C=O) groups excluding carboxylic acids is 1. The van der Waals surface area contributed by atoms with Crippen LogP contribution in [0.15, 0.2) is 18.3 Å². The molecular formula is C17H25N3O4. The highest BCUT2D eigenvalue weighted by molar-refractivity contribution is 5.96. The minimum atomic E-state index is -0.155. The van der Waals surface area contributed by atoms with E-state index in [4.69, 9.17) is 14.2 Å². The zero-order chi connectivity index (χ0) is 16.8. The Morgan fingerprint density at radius 1 is 1.42 bits per heavy atom. The standard InChI is InChI=1S/C17H25N3O4/c1-22-17-14(3-2-5-18-17)16(21)19-11-15(13-4-8-24-12-13)20-6-9-23-10-7-20/h2-3,5,13,15H,4,6-12H2,1H3,(H,19,21)/t13-,15+/m1/s1. The van der Waals surface area contributed by atoms with Gasteiger partial charge in [-0.25, -0.2) is 4.98 Å². The van der Waals surface area contributed by atoms with Crippen molar-refractivity contribution in [1.29, 1.82) is 0 Å². The SMILES string of the molecule is COc1ncccc1C(=O)NC[C@@H]([C@@H]1CCOC1)N1CCOCC1. The number of carbonyl (C=O) groups is 1. The molecule has 1 N–H and O–H groups in total. The molecule has 7 heteroatoms. The summed E-state index contributed by atoms with van der Waals surface area (Å²) in [7, 11) is 1.52. The Balaban J connectivity index is 1.65. The van der Waals surface area contributed by atoms with Gasteiger partial charge in [0.25, 0.3) is 5.91 Å². The maximum Gasteiger partial charge on any atom is 0.256 e. The van der Waals surface area contributed by atoms with E-state index in [0.717, 1.165) is 45.9 Å². The van der Waals surface area contributed by atoms with Crippen LogP contribution in [0.25, 0.3) is 0 Å². The van der Waals surface area contributed by atoms with Crippen LogP contribution in [0.3, 0.4) is 0 Å². The van der Waals surface area contributed by atoms with E-state index in [9.17, 15) is 4.79 Å². The molecule has 24 heavy (non-hydrogen) atoms. The van der Waals surface area contributed by atoms with Gasteiger partial charge in [0.1, 0.15) is 5.56 Å². The number of rotatable bonds is 6. The number of aromatic nitrogens is 1. The highest BCUT2D eigenvalue weighted by atomic mass is 16.5. The number of nitrogens with zero attached hydrogens (tertiary/aromatic N) is 2. The summed E-state index contributed by atoms with van der Waals surface area (Å²) in [5.74, 6) is 0.637. The summed E-state index contributed by atoms with van der Waals surface area (Å²) >= 11 is 0. The lowest BCUT2D eigenvalue weighted by atomic mass is 9.96. The average molecular weight is 335 g/mol. The quantitative estimate of drug-likeness (QED) is 0.819. The van der Waals surface area contributed by atoms with Crippen molar-refractivity contribution in [2.75, 3.05) is 53.2 Å². The van der Waals surface area contributed by atoms with Crippen LogP contribution in [0.1, 0.15) is 16.8 Å². The lowest BCUT2D eigenvalue weighted by molar-refractivity contribution is 0.00166. The molecule has 3 rings (SSSR count). The maximum absolute atomic E-state index is 12.5. The normalized spacial score (nSPS) is 23.0. The summed E-state index contributed by atoms with van der Waals surface area (Å²) in [5.41, 5.74) is 0.461. The number of hydrogen-bond acceptors (Lipinski definition) is 6. The molecule has 0 unspecified atom stereocenters. The predicted octanol–water partition coefficient (Wildman–Crippen LogP) is 0.557. The van der Waals surface area contributed by atoms with Crippen molar-refractivity contribution in [1.82, 2.24) is 15.2 Å². The third-order valence-electron chi connectivity index (χ3n) is 4.70. The van der Waals surface area contributed by atoms with E-state index in [-0.39, 0.29) is 11.9 Å². The monoisotopic (exact) mass is 335 g/mol. The van der Waals surface area contributed by atoms with E-state index in [2.05, 4.69) is 15.2 Å². The second-order valence-electron chi connectivity index (χ2n) is 6.11. The molecule has 0 spiro atoms. The van der Waals surface area contributed by atoms with Crippen molar-refractivity contribution < 1.29 is 19.0 Å². The average Bonchev–Trinajstić information content (AvgIpc) is 3.17. The highest BCUT2D eigenvalue weighted by Crippen LogP contribution is 2.22. The number of pyridine rings is 1. The Bertz CT molecular complexity index is 542. The molecule has 0 saturated carbocycles. The fourth-order valence-electron chi connectivity index (χ4n) is 3.38. The molecule has 2 aliphatic heterocycles. The first-order valence-corrected chi connectivity index (χ1v) is 8.46. The van der Waals surface area contributed by atoms with E-state index >= 15 is 0 Å². The fourth-order valence-corrected chi connectivity index (χ4v) is 3.38. The lowest BCUT2D eigenvalue weighted by Gasteiger charge is -2.37. The molecule has 0 aromatic carbocycles. The molecule has 132 valence electrons. The largest absolute Gasteiger partial charge is 0.480 e. The fraction of sp³-hybridized carbons (Fsp3) is 0.647. The Kier molecular flexibility index (Phi) is 6.01. The zero-order valence-electron chi connectivity index (χ0n) is 14.1. The van der Waals surface area contributed by atoms with Crippen molar-refractivity contribution in [3.63, 3.8) is 0 Å². The summed E-state index contributed by atoms with van der Waals surface area (Å²) < 4.78 is 16.2. The smallest absolute Gasteiger partial charge is 0.256 e. The molecule has 0 aliphatic carbocycles. The molecule has 2 saturated heterocycles. The van der Waals surface area contributed by atoms with Crippen LogP contribution in [-0.4, -0.2) is 75.0 Å². The van der Waals surface area contributed by atoms with E-state index in [1.54, 1.807) is 18.3 Å². The number of ether oxygens (including phenoxy) is 3. The minimum absolute atomic E-state index is 0.155. The van der Waals surface area contributed by atoms with Crippen molar-refractivity contribution in [2.24, 2.45) is 5.92 Å². The van der Waals surface area contributed by atoms with Crippen LogP contribution in [0.2, 0.25) is 0 Å². The molecule has 1 aromatic rings. The lowest BCUT2D eigenvalue weighted by Crippen LogP contribution is -2.52. The number of hydrogen-bond donors (Lipinski definition) is 1. The minimum Gasteiger partial charge on any atom is -0.480 e. The summed E-state index contributed by atoms with van der Waals surface area (Å²) in [5, 5.41) is 3.05. The molecule has 0 bridgehead atoms. The van der Waals surface area contributed by atoms with Crippen molar-refractivity contribution in [2.45, 2.75) is 12.5 Å². The third-order valence-corrected chi connectivity index (χ3v) is 4.70. The van der Waals surface area contributed by atoms with Crippen LogP contribution in [0.5, 0.6) is 5.88 Å². The van der Waals surface area contributed by atoms with Gasteiger partial charge >= 0.3 is 0 Å². The van der Waals surface area contributed by atoms with E-state index in [1.165, 1.54) is 7.11 Å². The summed E-state index contributed by atoms with van der Waals surface area (Å²) in [6, 6.07) is 3.73. The molecule has 7 nitrogen and oxygen atoms in total. The highest BCUT2D eigenvalue weighted by Gasteiger charge is 2.32. The molecule has 2 fully saturated rings. The van der Waals surface area contributed by atoms with E-state index in [0.29, 0.717) is 23.9 Å². The number of amides is 1. The molecule has 2 aliphatic rings. The second kappa shape index (κ2) is 8.41. The van der Waals surface area contributed by atoms with Gasteiger partial charge in [-0.15, -0.1) is 0 Å². The summed E-state index contributed by atoms with van der Waals surface area (Å²) in [6.45, 7) is 5.43. The number of morpholine rings is 1. The predicted molar refractivity (Wildman–Crippen MR) is 88.2 cm³/mol. The molecule has 1 aromatic heterocycles. The zero-order valence-corrected chi connectivity index (χ0v) is 14.1. The van der Waals surface area contributed by atoms with Crippen molar-refractivity contribution in [3.8, 4) is 5.88 Å². The van der Waals surface area contributed by atoms with Gasteiger partial charge in [0.15, 0.2) is 0 Å². The van der Waals surface area contributed by atoms with Crippen LogP contribution >= 0.6 is 0 Å². The van der Waals surface area contributed by atoms with Gasteiger partial charge in [0.05, 0.1) is 26.9 Å². The molecular weight excluding hydrogens is 310 g/mol. The van der Waals surface area contributed by atoms with Gasteiger partial charge < -0.3 is 19.5 Å². The summed E-state index contributed by atoms with van der Waals surface area (Å²) in [6.07, 6.45) is 2.65. The van der Waals surface area contributed by atoms with Crippen molar-refractivity contribution in [3.05, 3.63) is 23.9 Å². The molecule has 1 amide bonds. The first kappa shape index (κ1) is 17.1. The van der Waals surface area contributed by atoms with Gasteiger partial charge in [0, 0.05) is 44.4 Å². The topological polar surface area (TPSA) is 72.9 Å².